The highest BCUT2D eigenvalue weighted by Gasteiger charge is 2.33. The molecule has 0 fully saturated rings. The maximum atomic E-state index is 11.9. The molecule has 3 N–H and O–H groups in total. The van der Waals surface area contributed by atoms with Crippen molar-refractivity contribution in [3.05, 3.63) is 12.7 Å². The smallest absolute Gasteiger partial charge is 0.326 e. The predicted octanol–water partition coefficient (Wildman–Crippen LogP) is 0.676. The highest BCUT2D eigenvalue weighted by Crippen LogP contribution is 2.19. The molecular formula is C12H22N2O4. The second kappa shape index (κ2) is 7.00. The maximum Gasteiger partial charge on any atom is 0.326 e. The van der Waals surface area contributed by atoms with Crippen LogP contribution in [0.5, 0.6) is 0 Å². The number of carboxylic acid groups (broad SMARTS) is 1. The average Bonchev–Trinajstić information content (AvgIpc) is 2.23. The first-order valence-electron chi connectivity index (χ1n) is 5.74. The maximum absolute atomic E-state index is 11.9. The Balaban J connectivity index is 4.76. The van der Waals surface area contributed by atoms with Crippen molar-refractivity contribution < 1.29 is 19.8 Å². The highest BCUT2D eigenvalue weighted by molar-refractivity contribution is 5.83. The molecule has 0 saturated carbocycles. The second-order valence-electron chi connectivity index (χ2n) is 5.05. The van der Waals surface area contributed by atoms with Crippen molar-refractivity contribution in [1.82, 2.24) is 10.2 Å². The van der Waals surface area contributed by atoms with Crippen LogP contribution in [-0.4, -0.2) is 52.9 Å². The minimum absolute atomic E-state index is 0.133. The lowest BCUT2D eigenvalue weighted by Crippen LogP contribution is -2.53. The van der Waals surface area contributed by atoms with E-state index in [4.69, 9.17) is 10.2 Å². The summed E-state index contributed by atoms with van der Waals surface area (Å²) in [4.78, 5) is 24.3. The van der Waals surface area contributed by atoms with Crippen LogP contribution < -0.4 is 5.32 Å². The first-order valence-corrected chi connectivity index (χ1v) is 5.74. The van der Waals surface area contributed by atoms with Crippen LogP contribution in [0.4, 0.5) is 4.79 Å². The van der Waals surface area contributed by atoms with Crippen molar-refractivity contribution in [3.8, 4) is 0 Å². The van der Waals surface area contributed by atoms with Gasteiger partial charge in [-0.15, -0.1) is 6.58 Å². The van der Waals surface area contributed by atoms with Gasteiger partial charge < -0.3 is 20.4 Å². The van der Waals surface area contributed by atoms with Crippen LogP contribution in [0, 0.1) is 5.41 Å². The predicted molar refractivity (Wildman–Crippen MR) is 68.3 cm³/mol. The quantitative estimate of drug-likeness (QED) is 0.611. The number of nitrogens with zero attached hydrogens (tertiary/aromatic N) is 1. The Bertz CT molecular complexity index is 310. The number of nitrogens with one attached hydrogen (secondary N) is 1. The van der Waals surface area contributed by atoms with E-state index in [0.29, 0.717) is 0 Å². The van der Waals surface area contributed by atoms with Crippen LogP contribution in [0.1, 0.15) is 20.8 Å². The number of amides is 2. The third kappa shape index (κ3) is 5.18. The molecule has 0 aliphatic rings. The van der Waals surface area contributed by atoms with Crippen molar-refractivity contribution in [2.24, 2.45) is 5.41 Å². The largest absolute Gasteiger partial charge is 0.480 e. The Kier molecular flexibility index (Phi) is 6.40. The van der Waals surface area contributed by atoms with Gasteiger partial charge >= 0.3 is 12.0 Å². The third-order valence-corrected chi connectivity index (χ3v) is 2.39. The molecule has 0 rings (SSSR count). The minimum Gasteiger partial charge on any atom is -0.480 e. The Hall–Kier alpha value is -1.56. The van der Waals surface area contributed by atoms with Crippen LogP contribution in [0.2, 0.25) is 0 Å². The Morgan fingerprint density at radius 2 is 2.00 bits per heavy atom. The van der Waals surface area contributed by atoms with Gasteiger partial charge in [-0.05, 0) is 5.41 Å². The van der Waals surface area contributed by atoms with Gasteiger partial charge in [0.2, 0.25) is 0 Å². The van der Waals surface area contributed by atoms with Crippen LogP contribution in [0.25, 0.3) is 0 Å². The number of aliphatic hydroxyl groups is 1. The van der Waals surface area contributed by atoms with Gasteiger partial charge in [-0.2, -0.15) is 0 Å². The summed E-state index contributed by atoms with van der Waals surface area (Å²) in [5.74, 6) is -1.08. The minimum atomic E-state index is -1.08. The molecule has 0 saturated heterocycles. The topological polar surface area (TPSA) is 89.9 Å². The van der Waals surface area contributed by atoms with E-state index < -0.39 is 23.5 Å². The molecule has 0 aromatic rings. The molecule has 0 spiro atoms. The number of carbonyl (C=O) groups excluding carboxylic acids is 1. The SMILES string of the molecule is C=CCN(CCO)C(=O)N[C@@H](C(=O)O)C(C)(C)C. The number of hydrogen-bond acceptors (Lipinski definition) is 3. The summed E-state index contributed by atoms with van der Waals surface area (Å²) in [6.45, 7) is 8.90. The van der Waals surface area contributed by atoms with Gasteiger partial charge in [0.1, 0.15) is 6.04 Å². The number of urea groups is 1. The van der Waals surface area contributed by atoms with Gasteiger partial charge in [-0.25, -0.2) is 9.59 Å². The molecule has 18 heavy (non-hydrogen) atoms. The molecule has 0 aromatic heterocycles. The van der Waals surface area contributed by atoms with E-state index in [1.54, 1.807) is 20.8 Å². The molecular weight excluding hydrogens is 236 g/mol. The fourth-order valence-corrected chi connectivity index (χ4v) is 1.42. The van der Waals surface area contributed by atoms with Gasteiger partial charge in [-0.1, -0.05) is 26.8 Å². The lowest BCUT2D eigenvalue weighted by Gasteiger charge is -2.30. The number of carboxylic acids is 1. The molecule has 1 atom stereocenters. The summed E-state index contributed by atoms with van der Waals surface area (Å²) in [5, 5.41) is 20.4. The molecule has 0 radical (unpaired) electrons. The summed E-state index contributed by atoms with van der Waals surface area (Å²) in [5.41, 5.74) is -0.597. The monoisotopic (exact) mass is 258 g/mol. The van der Waals surface area contributed by atoms with Crippen LogP contribution >= 0.6 is 0 Å². The van der Waals surface area contributed by atoms with Crippen molar-refractivity contribution >= 4 is 12.0 Å². The number of aliphatic hydroxyl groups excluding tert-OH is 1. The zero-order chi connectivity index (χ0) is 14.3. The molecule has 0 aromatic carbocycles. The molecule has 0 aliphatic carbocycles. The van der Waals surface area contributed by atoms with Crippen LogP contribution in [0.15, 0.2) is 12.7 Å². The summed E-state index contributed by atoms with van der Waals surface area (Å²) in [6.07, 6.45) is 1.52. The fraction of sp³-hybridized carbons (Fsp3) is 0.667. The Morgan fingerprint density at radius 1 is 1.44 bits per heavy atom. The van der Waals surface area contributed by atoms with Crippen LogP contribution in [0.3, 0.4) is 0 Å². The average molecular weight is 258 g/mol. The van der Waals surface area contributed by atoms with Crippen LogP contribution in [-0.2, 0) is 4.79 Å². The Labute approximate surface area is 107 Å². The van der Waals surface area contributed by atoms with E-state index in [2.05, 4.69) is 11.9 Å². The van der Waals surface area contributed by atoms with E-state index >= 15 is 0 Å². The van der Waals surface area contributed by atoms with Crippen molar-refractivity contribution in [2.45, 2.75) is 26.8 Å². The summed E-state index contributed by atoms with van der Waals surface area (Å²) < 4.78 is 0. The number of carbonyl (C=O) groups is 2. The summed E-state index contributed by atoms with van der Waals surface area (Å²) >= 11 is 0. The Morgan fingerprint density at radius 3 is 2.33 bits per heavy atom. The zero-order valence-corrected chi connectivity index (χ0v) is 11.1. The summed E-state index contributed by atoms with van der Waals surface area (Å²) in [7, 11) is 0. The van der Waals surface area contributed by atoms with Gasteiger partial charge in [0, 0.05) is 13.1 Å². The molecule has 2 amide bonds. The van der Waals surface area contributed by atoms with E-state index in [0.717, 1.165) is 0 Å². The lowest BCUT2D eigenvalue weighted by atomic mass is 9.87. The van der Waals surface area contributed by atoms with Gasteiger partial charge in [0.15, 0.2) is 0 Å². The van der Waals surface area contributed by atoms with Crippen molar-refractivity contribution in [3.63, 3.8) is 0 Å². The van der Waals surface area contributed by atoms with Crippen molar-refractivity contribution in [1.29, 1.82) is 0 Å². The van der Waals surface area contributed by atoms with E-state index in [1.165, 1.54) is 11.0 Å². The lowest BCUT2D eigenvalue weighted by molar-refractivity contribution is -0.142. The summed E-state index contributed by atoms with van der Waals surface area (Å²) in [6, 6.07) is -1.51. The molecule has 0 aliphatic heterocycles. The second-order valence-corrected chi connectivity index (χ2v) is 5.05. The number of rotatable bonds is 6. The third-order valence-electron chi connectivity index (χ3n) is 2.39. The molecule has 0 heterocycles. The standard InChI is InChI=1S/C12H22N2O4/c1-5-6-14(7-8-15)11(18)13-9(10(16)17)12(2,3)4/h5,9,15H,1,6-8H2,2-4H3,(H,13,18)(H,16,17)/t9-/m0/s1. The first kappa shape index (κ1) is 16.4. The van der Waals surface area contributed by atoms with Gasteiger partial charge in [-0.3, -0.25) is 0 Å². The zero-order valence-electron chi connectivity index (χ0n) is 11.1. The molecule has 104 valence electrons. The van der Waals surface area contributed by atoms with E-state index in [9.17, 15) is 9.59 Å². The van der Waals surface area contributed by atoms with Crippen molar-refractivity contribution in [2.75, 3.05) is 19.7 Å². The normalized spacial score (nSPS) is 12.7. The van der Waals surface area contributed by atoms with Gasteiger partial charge in [0.25, 0.3) is 0 Å². The molecule has 6 nitrogen and oxygen atoms in total. The molecule has 0 bridgehead atoms. The molecule has 0 unspecified atom stereocenters. The number of aliphatic carboxylic acids is 1. The first-order chi connectivity index (χ1) is 8.23. The molecule has 6 heteroatoms. The highest BCUT2D eigenvalue weighted by atomic mass is 16.4. The number of hydrogen-bond donors (Lipinski definition) is 3. The fourth-order valence-electron chi connectivity index (χ4n) is 1.42. The van der Waals surface area contributed by atoms with Gasteiger partial charge in [0.05, 0.1) is 6.61 Å². The van der Waals surface area contributed by atoms with E-state index in [-0.39, 0.29) is 19.7 Å². The van der Waals surface area contributed by atoms with E-state index in [1.807, 2.05) is 0 Å².